The molecule has 0 fully saturated rings. The van der Waals surface area contributed by atoms with E-state index in [1.165, 1.54) is 12.1 Å². The molecule has 0 bridgehead atoms. The van der Waals surface area contributed by atoms with Crippen LogP contribution in [0.1, 0.15) is 24.1 Å². The van der Waals surface area contributed by atoms with Gasteiger partial charge < -0.3 is 5.32 Å². The lowest BCUT2D eigenvalue weighted by Gasteiger charge is -2.19. The van der Waals surface area contributed by atoms with Crippen LogP contribution in [0.2, 0.25) is 0 Å². The van der Waals surface area contributed by atoms with Crippen LogP contribution < -0.4 is 5.32 Å². The SMILES string of the molecule is CCNC(Cc1ccc(F)cc1F)c1cccc(I)c1. The number of hydrogen-bond donors (Lipinski definition) is 1. The summed E-state index contributed by atoms with van der Waals surface area (Å²) in [5.74, 6) is -1.03. The largest absolute Gasteiger partial charge is 0.310 e. The summed E-state index contributed by atoms with van der Waals surface area (Å²) in [5.41, 5.74) is 1.64. The Bertz CT molecular complexity index is 586. The van der Waals surface area contributed by atoms with E-state index in [9.17, 15) is 8.78 Å². The zero-order valence-electron chi connectivity index (χ0n) is 11.2. The Morgan fingerprint density at radius 1 is 1.15 bits per heavy atom. The third-order valence-corrected chi connectivity index (χ3v) is 3.81. The van der Waals surface area contributed by atoms with E-state index in [1.807, 2.05) is 25.1 Å². The quantitative estimate of drug-likeness (QED) is 0.747. The summed E-state index contributed by atoms with van der Waals surface area (Å²) >= 11 is 2.26. The lowest BCUT2D eigenvalue weighted by Crippen LogP contribution is -2.23. The molecule has 2 rings (SSSR count). The Labute approximate surface area is 131 Å². The normalized spacial score (nSPS) is 12.4. The molecule has 0 saturated carbocycles. The summed E-state index contributed by atoms with van der Waals surface area (Å²) in [7, 11) is 0. The van der Waals surface area contributed by atoms with Gasteiger partial charge in [0.2, 0.25) is 0 Å². The molecule has 106 valence electrons. The van der Waals surface area contributed by atoms with Crippen molar-refractivity contribution in [3.8, 4) is 0 Å². The van der Waals surface area contributed by atoms with E-state index in [2.05, 4.69) is 34.0 Å². The van der Waals surface area contributed by atoms with Gasteiger partial charge in [0.1, 0.15) is 11.6 Å². The summed E-state index contributed by atoms with van der Waals surface area (Å²) in [4.78, 5) is 0. The molecule has 0 heterocycles. The highest BCUT2D eigenvalue weighted by Gasteiger charge is 2.14. The zero-order chi connectivity index (χ0) is 14.5. The summed E-state index contributed by atoms with van der Waals surface area (Å²) in [5, 5.41) is 3.35. The van der Waals surface area contributed by atoms with Gasteiger partial charge in [-0.2, -0.15) is 0 Å². The first kappa shape index (κ1) is 15.4. The van der Waals surface area contributed by atoms with Gasteiger partial charge in [-0.05, 0) is 64.9 Å². The smallest absolute Gasteiger partial charge is 0.129 e. The van der Waals surface area contributed by atoms with Gasteiger partial charge in [-0.3, -0.25) is 0 Å². The van der Waals surface area contributed by atoms with E-state index < -0.39 is 11.6 Å². The minimum Gasteiger partial charge on any atom is -0.310 e. The number of halogens is 3. The Hall–Kier alpha value is -1.01. The Morgan fingerprint density at radius 3 is 2.60 bits per heavy atom. The molecule has 2 aromatic carbocycles. The number of benzene rings is 2. The van der Waals surface area contributed by atoms with Crippen molar-refractivity contribution in [3.05, 3.63) is 68.8 Å². The predicted octanol–water partition coefficient (Wildman–Crippen LogP) is 4.46. The second kappa shape index (κ2) is 7.13. The molecule has 0 aliphatic heterocycles. The van der Waals surface area contributed by atoms with E-state index in [0.29, 0.717) is 12.0 Å². The average Bonchev–Trinajstić information content (AvgIpc) is 2.41. The van der Waals surface area contributed by atoms with Crippen molar-refractivity contribution in [3.63, 3.8) is 0 Å². The number of likely N-dealkylation sites (N-methyl/N-ethyl adjacent to an activating group) is 1. The molecule has 1 atom stereocenters. The maximum absolute atomic E-state index is 13.8. The molecular formula is C16H16F2IN. The molecule has 2 aromatic rings. The molecule has 0 spiro atoms. The van der Waals surface area contributed by atoms with Crippen molar-refractivity contribution in [2.75, 3.05) is 6.54 Å². The summed E-state index contributed by atoms with van der Waals surface area (Å²) in [6, 6.07) is 11.9. The van der Waals surface area contributed by atoms with Crippen LogP contribution >= 0.6 is 22.6 Å². The number of hydrogen-bond acceptors (Lipinski definition) is 1. The standard InChI is InChI=1S/C16H16F2IN/c1-2-20-16(12-4-3-5-14(19)8-12)9-11-6-7-13(17)10-15(11)18/h3-8,10,16,20H,2,9H2,1H3. The number of nitrogens with one attached hydrogen (secondary N) is 1. The van der Waals surface area contributed by atoms with Gasteiger partial charge >= 0.3 is 0 Å². The Kier molecular flexibility index (Phi) is 5.48. The van der Waals surface area contributed by atoms with Gasteiger partial charge in [0.15, 0.2) is 0 Å². The lowest BCUT2D eigenvalue weighted by molar-refractivity contribution is 0.521. The molecule has 0 amide bonds. The third kappa shape index (κ3) is 3.99. The molecule has 0 aliphatic rings. The lowest BCUT2D eigenvalue weighted by atomic mass is 9.98. The Balaban J connectivity index is 2.25. The molecule has 0 radical (unpaired) electrons. The molecule has 0 aliphatic carbocycles. The molecule has 20 heavy (non-hydrogen) atoms. The van der Waals surface area contributed by atoms with Crippen LogP contribution in [0, 0.1) is 15.2 Å². The van der Waals surface area contributed by atoms with Crippen LogP contribution in [0.3, 0.4) is 0 Å². The molecule has 0 aromatic heterocycles. The molecule has 0 saturated heterocycles. The fourth-order valence-corrected chi connectivity index (χ4v) is 2.75. The minimum atomic E-state index is -0.541. The molecule has 1 N–H and O–H groups in total. The van der Waals surface area contributed by atoms with Crippen molar-refractivity contribution in [1.29, 1.82) is 0 Å². The van der Waals surface area contributed by atoms with Crippen LogP contribution in [-0.4, -0.2) is 6.54 Å². The van der Waals surface area contributed by atoms with E-state index >= 15 is 0 Å². The fourth-order valence-electron chi connectivity index (χ4n) is 2.18. The Morgan fingerprint density at radius 2 is 1.95 bits per heavy atom. The van der Waals surface area contributed by atoms with Gasteiger partial charge in [0, 0.05) is 15.7 Å². The molecular weight excluding hydrogens is 371 g/mol. The second-order valence-electron chi connectivity index (χ2n) is 4.61. The molecule has 1 nitrogen and oxygen atoms in total. The van der Waals surface area contributed by atoms with Crippen LogP contribution in [0.25, 0.3) is 0 Å². The number of rotatable bonds is 5. The monoisotopic (exact) mass is 387 g/mol. The summed E-state index contributed by atoms with van der Waals surface area (Å²) < 4.78 is 27.9. The topological polar surface area (TPSA) is 12.0 Å². The van der Waals surface area contributed by atoms with Crippen LogP contribution in [0.15, 0.2) is 42.5 Å². The summed E-state index contributed by atoms with van der Waals surface area (Å²) in [6.07, 6.45) is 0.500. The van der Waals surface area contributed by atoms with Gasteiger partial charge in [-0.25, -0.2) is 8.78 Å². The minimum absolute atomic E-state index is 0.0228. The van der Waals surface area contributed by atoms with Crippen molar-refractivity contribution in [2.45, 2.75) is 19.4 Å². The van der Waals surface area contributed by atoms with E-state index in [4.69, 9.17) is 0 Å². The highest BCUT2D eigenvalue weighted by Crippen LogP contribution is 2.22. The first-order chi connectivity index (χ1) is 9.60. The molecule has 1 unspecified atom stereocenters. The first-order valence-corrected chi connectivity index (χ1v) is 7.60. The van der Waals surface area contributed by atoms with Crippen LogP contribution in [0.5, 0.6) is 0 Å². The van der Waals surface area contributed by atoms with Crippen molar-refractivity contribution in [1.82, 2.24) is 5.32 Å². The first-order valence-electron chi connectivity index (χ1n) is 6.53. The van der Waals surface area contributed by atoms with Gasteiger partial charge in [-0.1, -0.05) is 25.1 Å². The van der Waals surface area contributed by atoms with Crippen molar-refractivity contribution >= 4 is 22.6 Å². The third-order valence-electron chi connectivity index (χ3n) is 3.14. The van der Waals surface area contributed by atoms with Crippen LogP contribution in [0.4, 0.5) is 8.78 Å². The molecule has 4 heteroatoms. The van der Waals surface area contributed by atoms with Gasteiger partial charge in [0.05, 0.1) is 0 Å². The van der Waals surface area contributed by atoms with Gasteiger partial charge in [-0.15, -0.1) is 0 Å². The zero-order valence-corrected chi connectivity index (χ0v) is 13.3. The average molecular weight is 387 g/mol. The van der Waals surface area contributed by atoms with Crippen molar-refractivity contribution in [2.24, 2.45) is 0 Å². The van der Waals surface area contributed by atoms with E-state index in [1.54, 1.807) is 0 Å². The predicted molar refractivity (Wildman–Crippen MR) is 85.6 cm³/mol. The highest BCUT2D eigenvalue weighted by molar-refractivity contribution is 14.1. The second-order valence-corrected chi connectivity index (χ2v) is 5.85. The van der Waals surface area contributed by atoms with Gasteiger partial charge in [0.25, 0.3) is 0 Å². The van der Waals surface area contributed by atoms with E-state index in [0.717, 1.165) is 21.7 Å². The maximum atomic E-state index is 13.8. The van der Waals surface area contributed by atoms with E-state index in [-0.39, 0.29) is 6.04 Å². The van der Waals surface area contributed by atoms with Crippen LogP contribution in [-0.2, 0) is 6.42 Å². The summed E-state index contributed by atoms with van der Waals surface area (Å²) in [6.45, 7) is 2.81. The maximum Gasteiger partial charge on any atom is 0.129 e. The van der Waals surface area contributed by atoms with Crippen molar-refractivity contribution < 1.29 is 8.78 Å². The highest BCUT2D eigenvalue weighted by atomic mass is 127. The fraction of sp³-hybridized carbons (Fsp3) is 0.250.